The summed E-state index contributed by atoms with van der Waals surface area (Å²) in [5, 5.41) is 15.6. The number of ether oxygens (including phenoxy) is 1. The molecule has 4 rings (SSSR count). The first-order valence-corrected chi connectivity index (χ1v) is 11.2. The highest BCUT2D eigenvalue weighted by molar-refractivity contribution is 9.10. The lowest BCUT2D eigenvalue weighted by Crippen LogP contribution is -2.16. The molecule has 1 amide bonds. The van der Waals surface area contributed by atoms with Gasteiger partial charge in [0.2, 0.25) is 0 Å². The Labute approximate surface area is 199 Å². The van der Waals surface area contributed by atoms with Gasteiger partial charge in [0, 0.05) is 32.3 Å². The van der Waals surface area contributed by atoms with Crippen molar-refractivity contribution >= 4 is 55.2 Å². The largest absolute Gasteiger partial charge is 0.488 e. The van der Waals surface area contributed by atoms with Gasteiger partial charge in [-0.1, -0.05) is 28.1 Å². The van der Waals surface area contributed by atoms with Crippen LogP contribution in [-0.4, -0.2) is 17.0 Å². The number of nitrogens with zero attached hydrogens (tertiary/aromatic N) is 2. The maximum Gasteiger partial charge on any atom is 0.281 e. The number of non-ortho nitro benzene ring substituents is 1. The molecule has 0 aliphatic rings. The molecule has 0 radical (unpaired) electrons. The Morgan fingerprint density at radius 2 is 1.94 bits per heavy atom. The van der Waals surface area contributed by atoms with E-state index in [-0.39, 0.29) is 18.1 Å². The van der Waals surface area contributed by atoms with Gasteiger partial charge in [-0.3, -0.25) is 14.9 Å². The third kappa shape index (κ3) is 5.60. The number of carbonyl (C=O) groups is 1. The molecule has 4 aromatic rings. The smallest absolute Gasteiger partial charge is 0.281 e. The highest BCUT2D eigenvalue weighted by atomic mass is 79.9. The quantitative estimate of drug-likeness (QED) is 0.179. The maximum absolute atomic E-state index is 13.1. The van der Waals surface area contributed by atoms with Crippen LogP contribution < -0.4 is 10.2 Å². The molecule has 0 saturated heterocycles. The zero-order valence-electron chi connectivity index (χ0n) is 16.8. The highest BCUT2D eigenvalue weighted by Gasteiger charge is 2.13. The van der Waals surface area contributed by atoms with Gasteiger partial charge in [0.05, 0.1) is 16.0 Å². The summed E-state index contributed by atoms with van der Waals surface area (Å²) >= 11 is 4.62. The molecule has 1 heterocycles. The number of halogens is 2. The monoisotopic (exact) mass is 527 g/mol. The van der Waals surface area contributed by atoms with Crippen LogP contribution >= 0.6 is 27.3 Å². The molecule has 33 heavy (non-hydrogen) atoms. The molecular weight excluding hydrogens is 513 g/mol. The normalized spacial score (nSPS) is 11.1. The van der Waals surface area contributed by atoms with Gasteiger partial charge >= 0.3 is 0 Å². The highest BCUT2D eigenvalue weighted by Crippen LogP contribution is 2.29. The summed E-state index contributed by atoms with van der Waals surface area (Å²) in [7, 11) is 0. The second kappa shape index (κ2) is 9.88. The molecule has 0 bridgehead atoms. The van der Waals surface area contributed by atoms with E-state index < -0.39 is 10.8 Å². The molecule has 7 nitrogen and oxygen atoms in total. The molecule has 0 unspecified atom stereocenters. The molecule has 0 spiro atoms. The fourth-order valence-electron chi connectivity index (χ4n) is 2.97. The molecule has 1 N–H and O–H groups in total. The number of rotatable bonds is 7. The van der Waals surface area contributed by atoms with Crippen molar-refractivity contribution in [2.45, 2.75) is 6.61 Å². The van der Waals surface area contributed by atoms with E-state index in [9.17, 15) is 19.3 Å². The third-order valence-corrected chi connectivity index (χ3v) is 6.19. The summed E-state index contributed by atoms with van der Waals surface area (Å²) in [6.45, 7) is 0.239. The van der Waals surface area contributed by atoms with Crippen LogP contribution in [0.15, 0.2) is 76.3 Å². The Bertz CT molecular complexity index is 1370. The average molecular weight is 528 g/mol. The lowest BCUT2D eigenvalue weighted by atomic mass is 10.2. The van der Waals surface area contributed by atoms with E-state index in [0.717, 1.165) is 14.7 Å². The van der Waals surface area contributed by atoms with Crippen molar-refractivity contribution in [3.63, 3.8) is 0 Å². The van der Waals surface area contributed by atoms with Crippen LogP contribution in [0.5, 0.6) is 5.75 Å². The predicted octanol–water partition coefficient (Wildman–Crippen LogP) is 6.05. The summed E-state index contributed by atoms with van der Waals surface area (Å²) in [6.07, 6.45) is 1.46. The van der Waals surface area contributed by atoms with E-state index in [1.54, 1.807) is 36.4 Å². The standard InChI is InChI=1S/C23H15BrFN3O4S/c24-17-3-7-20(32-13-14-1-4-18(25)5-2-14)16(9-17)12-26-27-23(29)22-11-15-10-19(28(30)31)6-8-21(15)33-22/h1-12H,13H2,(H,27,29)/b26-12-. The summed E-state index contributed by atoms with van der Waals surface area (Å²) < 4.78 is 20.5. The summed E-state index contributed by atoms with van der Waals surface area (Å²) in [5.74, 6) is -0.212. The van der Waals surface area contributed by atoms with Crippen molar-refractivity contribution in [2.75, 3.05) is 0 Å². The Morgan fingerprint density at radius 1 is 1.15 bits per heavy atom. The van der Waals surface area contributed by atoms with Gasteiger partial charge in [-0.15, -0.1) is 11.3 Å². The number of hydrogen-bond donors (Lipinski definition) is 1. The number of thiophene rings is 1. The van der Waals surface area contributed by atoms with Crippen molar-refractivity contribution in [2.24, 2.45) is 5.10 Å². The van der Waals surface area contributed by atoms with Gasteiger partial charge in [0.15, 0.2) is 0 Å². The molecular formula is C23H15BrFN3O4S. The van der Waals surface area contributed by atoms with Crippen LogP contribution in [0.4, 0.5) is 10.1 Å². The topological polar surface area (TPSA) is 93.8 Å². The van der Waals surface area contributed by atoms with Gasteiger partial charge in [-0.25, -0.2) is 9.82 Å². The van der Waals surface area contributed by atoms with Gasteiger partial charge in [-0.2, -0.15) is 5.10 Å². The molecule has 0 saturated carbocycles. The molecule has 0 aliphatic carbocycles. The SMILES string of the molecule is O=C(N/N=C\c1cc(Br)ccc1OCc1ccc(F)cc1)c1cc2cc([N+](=O)[O-])ccc2s1. The van der Waals surface area contributed by atoms with E-state index in [4.69, 9.17) is 4.74 Å². The molecule has 0 aliphatic heterocycles. The number of nitrogens with one attached hydrogen (secondary N) is 1. The maximum atomic E-state index is 13.1. The van der Waals surface area contributed by atoms with Crippen molar-refractivity contribution in [1.82, 2.24) is 5.43 Å². The number of fused-ring (bicyclic) bond motifs is 1. The first kappa shape index (κ1) is 22.6. The van der Waals surface area contributed by atoms with E-state index >= 15 is 0 Å². The van der Waals surface area contributed by atoms with E-state index in [1.807, 2.05) is 6.07 Å². The van der Waals surface area contributed by atoms with E-state index in [1.165, 1.54) is 41.8 Å². The number of carbonyl (C=O) groups excluding carboxylic acids is 1. The zero-order chi connectivity index (χ0) is 23.4. The number of hydrogen-bond acceptors (Lipinski definition) is 6. The second-order valence-corrected chi connectivity index (χ2v) is 8.89. The number of amides is 1. The Kier molecular flexibility index (Phi) is 6.76. The molecule has 0 atom stereocenters. The first-order valence-electron chi connectivity index (χ1n) is 9.57. The van der Waals surface area contributed by atoms with Gasteiger partial charge in [0.1, 0.15) is 18.2 Å². The molecule has 166 valence electrons. The van der Waals surface area contributed by atoms with E-state index in [0.29, 0.717) is 21.6 Å². The minimum Gasteiger partial charge on any atom is -0.488 e. The Morgan fingerprint density at radius 3 is 2.70 bits per heavy atom. The van der Waals surface area contributed by atoms with E-state index in [2.05, 4.69) is 26.5 Å². The number of nitro benzene ring substituents is 1. The lowest BCUT2D eigenvalue weighted by Gasteiger charge is -2.09. The van der Waals surface area contributed by atoms with Crippen LogP contribution in [0.1, 0.15) is 20.8 Å². The van der Waals surface area contributed by atoms with Crippen LogP contribution in [0.3, 0.4) is 0 Å². The average Bonchev–Trinajstić information content (AvgIpc) is 3.23. The molecule has 1 aromatic heterocycles. The van der Waals surface area contributed by atoms with Crippen LogP contribution in [0.25, 0.3) is 10.1 Å². The van der Waals surface area contributed by atoms with Crippen molar-refractivity contribution in [3.05, 3.63) is 103 Å². The van der Waals surface area contributed by atoms with Crippen LogP contribution in [-0.2, 0) is 6.61 Å². The zero-order valence-corrected chi connectivity index (χ0v) is 19.2. The Balaban J connectivity index is 1.45. The Hall–Kier alpha value is -3.63. The number of benzene rings is 3. The second-order valence-electron chi connectivity index (χ2n) is 6.89. The molecule has 10 heteroatoms. The third-order valence-electron chi connectivity index (χ3n) is 4.58. The van der Waals surface area contributed by atoms with Crippen LogP contribution in [0.2, 0.25) is 0 Å². The van der Waals surface area contributed by atoms with Gasteiger partial charge in [-0.05, 0) is 48.0 Å². The van der Waals surface area contributed by atoms with Crippen molar-refractivity contribution in [3.8, 4) is 5.75 Å². The summed E-state index contributed by atoms with van der Waals surface area (Å²) in [5.41, 5.74) is 3.86. The number of hydrazone groups is 1. The molecule has 0 fully saturated rings. The van der Waals surface area contributed by atoms with Gasteiger partial charge < -0.3 is 4.74 Å². The first-order chi connectivity index (χ1) is 15.9. The lowest BCUT2D eigenvalue weighted by molar-refractivity contribution is -0.384. The predicted molar refractivity (Wildman–Crippen MR) is 128 cm³/mol. The number of nitro groups is 1. The van der Waals surface area contributed by atoms with Crippen LogP contribution in [0, 0.1) is 15.9 Å². The van der Waals surface area contributed by atoms with Gasteiger partial charge in [0.25, 0.3) is 11.6 Å². The van der Waals surface area contributed by atoms with Crippen molar-refractivity contribution in [1.29, 1.82) is 0 Å². The molecule has 3 aromatic carbocycles. The summed E-state index contributed by atoms with van der Waals surface area (Å²) in [4.78, 5) is 23.3. The minimum atomic E-state index is -0.477. The fourth-order valence-corrected chi connectivity index (χ4v) is 4.28. The summed E-state index contributed by atoms with van der Waals surface area (Å²) in [6, 6.07) is 17.4. The van der Waals surface area contributed by atoms with Crippen molar-refractivity contribution < 1.29 is 18.8 Å². The fraction of sp³-hybridized carbons (Fsp3) is 0.0435. The minimum absolute atomic E-state index is 0.0342.